The minimum atomic E-state index is -0.135. The maximum atomic E-state index is 5.91. The van der Waals surface area contributed by atoms with Gasteiger partial charge in [0.05, 0.1) is 0 Å². The molecule has 0 amide bonds. The first kappa shape index (κ1) is 13.5. The zero-order chi connectivity index (χ0) is 11.1. The molecular formula is C12H24GeO2. The molecule has 0 aromatic heterocycles. The molecular weight excluding hydrogens is 249 g/mol. The monoisotopic (exact) mass is 274 g/mol. The zero-order valence-corrected chi connectivity index (χ0v) is 12.4. The van der Waals surface area contributed by atoms with Crippen LogP contribution < -0.4 is 0 Å². The Morgan fingerprint density at radius 1 is 1.20 bits per heavy atom. The van der Waals surface area contributed by atoms with Gasteiger partial charge in [-0.3, -0.25) is 0 Å². The van der Waals surface area contributed by atoms with Gasteiger partial charge in [-0.15, -0.1) is 0 Å². The summed E-state index contributed by atoms with van der Waals surface area (Å²) in [7, 11) is 0. The van der Waals surface area contributed by atoms with Crippen LogP contribution in [0, 0.1) is 5.92 Å². The Morgan fingerprint density at radius 2 is 1.87 bits per heavy atom. The second-order valence-corrected chi connectivity index (χ2v) is 7.72. The number of rotatable bonds is 4. The third-order valence-electron chi connectivity index (χ3n) is 2.99. The van der Waals surface area contributed by atoms with Crippen molar-refractivity contribution in [2.45, 2.75) is 56.3 Å². The summed E-state index contributed by atoms with van der Waals surface area (Å²) in [5.41, 5.74) is 0. The zero-order valence-electron chi connectivity index (χ0n) is 10.3. The van der Waals surface area contributed by atoms with Crippen molar-refractivity contribution in [2.24, 2.45) is 5.92 Å². The summed E-state index contributed by atoms with van der Waals surface area (Å²) in [6.07, 6.45) is 5.11. The normalized spacial score (nSPS) is 27.0. The van der Waals surface area contributed by atoms with E-state index in [1.807, 2.05) is 0 Å². The molecule has 0 aliphatic carbocycles. The van der Waals surface area contributed by atoms with E-state index in [0.29, 0.717) is 0 Å². The molecule has 1 heterocycles. The van der Waals surface area contributed by atoms with E-state index in [4.69, 9.17) is 9.47 Å². The van der Waals surface area contributed by atoms with Crippen LogP contribution in [0.5, 0.6) is 0 Å². The predicted molar refractivity (Wildman–Crippen MR) is 64.2 cm³/mol. The molecule has 0 aromatic rings. The molecule has 3 heteroatoms. The van der Waals surface area contributed by atoms with E-state index in [2.05, 4.69) is 20.8 Å². The molecule has 0 saturated carbocycles. The van der Waals surface area contributed by atoms with Crippen molar-refractivity contribution in [3.05, 3.63) is 0 Å². The van der Waals surface area contributed by atoms with Crippen molar-refractivity contribution >= 4 is 15.4 Å². The van der Waals surface area contributed by atoms with E-state index >= 15 is 0 Å². The SMILES string of the molecule is CCO[C]1(OCC)CCCC(C)C[CH2][Ge]1. The molecule has 2 nitrogen and oxygen atoms in total. The van der Waals surface area contributed by atoms with Crippen LogP contribution in [0.2, 0.25) is 5.25 Å². The van der Waals surface area contributed by atoms with Crippen molar-refractivity contribution in [3.63, 3.8) is 0 Å². The van der Waals surface area contributed by atoms with Crippen LogP contribution in [0.25, 0.3) is 0 Å². The van der Waals surface area contributed by atoms with Crippen molar-refractivity contribution in [3.8, 4) is 0 Å². The van der Waals surface area contributed by atoms with Gasteiger partial charge in [-0.25, -0.2) is 0 Å². The van der Waals surface area contributed by atoms with Crippen LogP contribution in [-0.4, -0.2) is 33.3 Å². The predicted octanol–water partition coefficient (Wildman–Crippen LogP) is 3.05. The van der Waals surface area contributed by atoms with E-state index in [9.17, 15) is 0 Å². The fourth-order valence-electron chi connectivity index (χ4n) is 2.18. The average molecular weight is 273 g/mol. The summed E-state index contributed by atoms with van der Waals surface area (Å²) >= 11 is -0.109. The Morgan fingerprint density at radius 3 is 2.47 bits per heavy atom. The first-order chi connectivity index (χ1) is 7.22. The molecule has 1 aliphatic rings. The van der Waals surface area contributed by atoms with Gasteiger partial charge in [0.1, 0.15) is 0 Å². The van der Waals surface area contributed by atoms with Gasteiger partial charge in [0.15, 0.2) is 0 Å². The molecule has 0 spiro atoms. The average Bonchev–Trinajstić information content (AvgIpc) is 2.16. The van der Waals surface area contributed by atoms with E-state index in [0.717, 1.165) is 25.6 Å². The van der Waals surface area contributed by atoms with Crippen molar-refractivity contribution in [1.82, 2.24) is 0 Å². The molecule has 2 radical (unpaired) electrons. The van der Waals surface area contributed by atoms with Crippen LogP contribution in [0.1, 0.15) is 46.5 Å². The fraction of sp³-hybridized carbons (Fsp3) is 1.00. The van der Waals surface area contributed by atoms with Crippen molar-refractivity contribution in [2.75, 3.05) is 13.2 Å². The maximum absolute atomic E-state index is 5.91. The Hall–Kier alpha value is 0.463. The summed E-state index contributed by atoms with van der Waals surface area (Å²) in [6.45, 7) is 8.11. The van der Waals surface area contributed by atoms with Crippen LogP contribution in [0.15, 0.2) is 0 Å². The first-order valence-corrected chi connectivity index (χ1v) is 8.78. The van der Waals surface area contributed by atoms with Crippen molar-refractivity contribution in [1.29, 1.82) is 0 Å². The summed E-state index contributed by atoms with van der Waals surface area (Å²) in [5, 5.41) is 1.36. The molecule has 15 heavy (non-hydrogen) atoms. The van der Waals surface area contributed by atoms with Crippen molar-refractivity contribution < 1.29 is 9.47 Å². The van der Waals surface area contributed by atoms with Gasteiger partial charge in [0.2, 0.25) is 0 Å². The van der Waals surface area contributed by atoms with Gasteiger partial charge in [-0.2, -0.15) is 0 Å². The standard InChI is InChI=1S/C12H24GeO2/c1-4-14-12(15-5-2)9-6-7-11(3)8-10-13-12/h11H,4-10H2,1-3H3. The molecule has 1 unspecified atom stereocenters. The summed E-state index contributed by atoms with van der Waals surface area (Å²) < 4.78 is 11.7. The second-order valence-electron chi connectivity index (χ2n) is 4.33. The topological polar surface area (TPSA) is 18.5 Å². The van der Waals surface area contributed by atoms with E-state index < -0.39 is 0 Å². The van der Waals surface area contributed by atoms with Crippen LogP contribution in [0.4, 0.5) is 0 Å². The molecule has 0 bridgehead atoms. The Kier molecular flexibility index (Phi) is 6.24. The van der Waals surface area contributed by atoms with Gasteiger partial charge >= 0.3 is 100 Å². The third kappa shape index (κ3) is 4.45. The molecule has 0 aromatic carbocycles. The van der Waals surface area contributed by atoms with Crippen LogP contribution >= 0.6 is 0 Å². The summed E-state index contributed by atoms with van der Waals surface area (Å²) in [6, 6.07) is 0. The number of hydrogen-bond donors (Lipinski definition) is 0. The molecule has 1 saturated heterocycles. The minimum absolute atomic E-state index is 0.109. The summed E-state index contributed by atoms with van der Waals surface area (Å²) in [4.78, 5) is 0. The third-order valence-corrected chi connectivity index (χ3v) is 6.38. The quantitative estimate of drug-likeness (QED) is 0.579. The van der Waals surface area contributed by atoms with Gasteiger partial charge in [0, 0.05) is 0 Å². The Balaban J connectivity index is 2.52. The van der Waals surface area contributed by atoms with E-state index in [-0.39, 0.29) is 20.1 Å². The summed E-state index contributed by atoms with van der Waals surface area (Å²) in [5.74, 6) is 0.912. The van der Waals surface area contributed by atoms with Gasteiger partial charge < -0.3 is 0 Å². The van der Waals surface area contributed by atoms with Crippen LogP contribution in [0.3, 0.4) is 0 Å². The van der Waals surface area contributed by atoms with Crippen LogP contribution in [-0.2, 0) is 9.47 Å². The van der Waals surface area contributed by atoms with E-state index in [1.54, 1.807) is 0 Å². The van der Waals surface area contributed by atoms with E-state index in [1.165, 1.54) is 24.5 Å². The molecule has 0 N–H and O–H groups in total. The van der Waals surface area contributed by atoms with Gasteiger partial charge in [-0.1, -0.05) is 0 Å². The second kappa shape index (κ2) is 6.92. The number of ether oxygens (including phenoxy) is 2. The van der Waals surface area contributed by atoms with Gasteiger partial charge in [0.25, 0.3) is 0 Å². The van der Waals surface area contributed by atoms with Gasteiger partial charge in [-0.05, 0) is 0 Å². The molecule has 1 atom stereocenters. The number of hydrogen-bond acceptors (Lipinski definition) is 2. The molecule has 1 rings (SSSR count). The first-order valence-electron chi connectivity index (χ1n) is 6.25. The Labute approximate surface area is 101 Å². The fourth-order valence-corrected chi connectivity index (χ4v) is 6.09. The molecule has 1 aliphatic heterocycles. The molecule has 88 valence electrons. The molecule has 1 fully saturated rings. The Bertz CT molecular complexity index is 155.